The summed E-state index contributed by atoms with van der Waals surface area (Å²) in [6.45, 7) is 3.93. The third kappa shape index (κ3) is 3.20. The zero-order valence-electron chi connectivity index (χ0n) is 9.67. The molecule has 1 aromatic carbocycles. The molecule has 6 heteroatoms. The lowest BCUT2D eigenvalue weighted by atomic mass is 9.85. The van der Waals surface area contributed by atoms with Crippen molar-refractivity contribution in [2.45, 2.75) is 20.3 Å². The van der Waals surface area contributed by atoms with Gasteiger partial charge in [0.25, 0.3) is 0 Å². The normalized spacial score (nSPS) is 11.6. The predicted octanol–water partition coefficient (Wildman–Crippen LogP) is 2.40. The molecule has 0 bridgehead atoms. The minimum Gasteiger partial charge on any atom is -0.330 e. The number of halogens is 2. The van der Waals surface area contributed by atoms with Crippen molar-refractivity contribution in [3.05, 3.63) is 39.4 Å². The van der Waals surface area contributed by atoms with Crippen molar-refractivity contribution in [2.24, 2.45) is 11.1 Å². The lowest BCUT2D eigenvalue weighted by molar-refractivity contribution is -0.387. The molecule has 0 amide bonds. The maximum atomic E-state index is 13.5. The van der Waals surface area contributed by atoms with Gasteiger partial charge in [-0.15, -0.1) is 0 Å². The molecule has 1 aromatic rings. The molecule has 0 aliphatic heterocycles. The number of nitrogens with two attached hydrogens (primary N) is 1. The van der Waals surface area contributed by atoms with Crippen LogP contribution in [0.4, 0.5) is 14.5 Å². The molecule has 0 fully saturated rings. The smallest absolute Gasteiger partial charge is 0.307 e. The zero-order valence-corrected chi connectivity index (χ0v) is 9.67. The van der Waals surface area contributed by atoms with Crippen LogP contribution in [-0.2, 0) is 6.42 Å². The van der Waals surface area contributed by atoms with E-state index in [0.29, 0.717) is 12.6 Å². The number of nitro groups is 1. The Balaban J connectivity index is 3.12. The fourth-order valence-electron chi connectivity index (χ4n) is 1.44. The van der Waals surface area contributed by atoms with Crippen LogP contribution in [0.25, 0.3) is 0 Å². The molecule has 0 radical (unpaired) electrons. The highest BCUT2D eigenvalue weighted by Crippen LogP contribution is 2.26. The fraction of sp³-hybridized carbons (Fsp3) is 0.455. The molecule has 4 nitrogen and oxygen atoms in total. The van der Waals surface area contributed by atoms with Crippen molar-refractivity contribution in [1.29, 1.82) is 0 Å². The van der Waals surface area contributed by atoms with Gasteiger partial charge in [0.15, 0.2) is 0 Å². The van der Waals surface area contributed by atoms with Gasteiger partial charge in [-0.05, 0) is 30.0 Å². The molecule has 0 saturated heterocycles. The molecule has 2 N–H and O–H groups in total. The number of nitrogens with zero attached hydrogens (tertiary/aromatic N) is 1. The fourth-order valence-corrected chi connectivity index (χ4v) is 1.44. The molecule has 17 heavy (non-hydrogen) atoms. The maximum Gasteiger partial charge on any atom is 0.307 e. The van der Waals surface area contributed by atoms with E-state index in [1.54, 1.807) is 0 Å². The van der Waals surface area contributed by atoms with Crippen LogP contribution in [0.5, 0.6) is 0 Å². The van der Waals surface area contributed by atoms with Crippen molar-refractivity contribution < 1.29 is 13.7 Å². The van der Waals surface area contributed by atoms with E-state index < -0.39 is 22.2 Å². The van der Waals surface area contributed by atoms with Crippen molar-refractivity contribution in [1.82, 2.24) is 0 Å². The van der Waals surface area contributed by atoms with E-state index in [1.165, 1.54) is 0 Å². The summed E-state index contributed by atoms with van der Waals surface area (Å²) in [5, 5.41) is 10.4. The number of hydrogen-bond acceptors (Lipinski definition) is 3. The minimum atomic E-state index is -1.03. The molecule has 1 rings (SSSR count). The third-order valence-electron chi connectivity index (χ3n) is 2.53. The van der Waals surface area contributed by atoms with Crippen LogP contribution >= 0.6 is 0 Å². The molecule has 0 aliphatic carbocycles. The summed E-state index contributed by atoms with van der Waals surface area (Å²) >= 11 is 0. The van der Waals surface area contributed by atoms with E-state index in [2.05, 4.69) is 0 Å². The number of hydrogen-bond donors (Lipinski definition) is 1. The van der Waals surface area contributed by atoms with Crippen molar-refractivity contribution in [3.8, 4) is 0 Å². The molecule has 94 valence electrons. The highest BCUT2D eigenvalue weighted by Gasteiger charge is 2.23. The Labute approximate surface area is 97.6 Å². The molecule has 0 aliphatic rings. The first-order chi connectivity index (χ1) is 7.76. The van der Waals surface area contributed by atoms with Crippen molar-refractivity contribution in [3.63, 3.8) is 0 Å². The number of nitro benzene ring substituents is 1. The first-order valence-electron chi connectivity index (χ1n) is 5.09. The van der Waals surface area contributed by atoms with Crippen LogP contribution < -0.4 is 5.73 Å². The largest absolute Gasteiger partial charge is 0.330 e. The number of benzene rings is 1. The first kappa shape index (κ1) is 13.5. The molecule has 0 aromatic heterocycles. The van der Waals surface area contributed by atoms with Gasteiger partial charge in [-0.3, -0.25) is 10.1 Å². The lowest BCUT2D eigenvalue weighted by Gasteiger charge is -2.22. The molecular formula is C11H14F2N2O2. The van der Waals surface area contributed by atoms with Gasteiger partial charge in [-0.2, -0.15) is 4.39 Å². The Morgan fingerprint density at radius 2 is 1.94 bits per heavy atom. The van der Waals surface area contributed by atoms with E-state index in [-0.39, 0.29) is 17.4 Å². The van der Waals surface area contributed by atoms with Crippen molar-refractivity contribution in [2.75, 3.05) is 6.54 Å². The highest BCUT2D eigenvalue weighted by molar-refractivity contribution is 5.36. The highest BCUT2D eigenvalue weighted by atomic mass is 19.1. The minimum absolute atomic E-state index is 0.101. The van der Waals surface area contributed by atoms with Gasteiger partial charge >= 0.3 is 5.69 Å². The maximum absolute atomic E-state index is 13.5. The van der Waals surface area contributed by atoms with E-state index in [1.807, 2.05) is 13.8 Å². The third-order valence-corrected chi connectivity index (χ3v) is 2.53. The molecule has 0 atom stereocenters. The summed E-state index contributed by atoms with van der Waals surface area (Å²) in [4.78, 5) is 9.46. The second-order valence-corrected chi connectivity index (χ2v) is 4.70. The zero-order chi connectivity index (χ0) is 13.2. The van der Waals surface area contributed by atoms with Gasteiger partial charge in [0.2, 0.25) is 5.82 Å². The van der Waals surface area contributed by atoms with Crippen LogP contribution in [-0.4, -0.2) is 11.5 Å². The second kappa shape index (κ2) is 4.75. The Hall–Kier alpha value is -1.56. The van der Waals surface area contributed by atoms with E-state index >= 15 is 0 Å². The Morgan fingerprint density at radius 1 is 1.35 bits per heavy atom. The van der Waals surface area contributed by atoms with Crippen LogP contribution in [0.3, 0.4) is 0 Å². The second-order valence-electron chi connectivity index (χ2n) is 4.70. The van der Waals surface area contributed by atoms with E-state index in [4.69, 9.17) is 5.73 Å². The molecule has 0 spiro atoms. The first-order valence-corrected chi connectivity index (χ1v) is 5.09. The van der Waals surface area contributed by atoms with E-state index in [0.717, 1.165) is 6.07 Å². The summed E-state index contributed by atoms with van der Waals surface area (Å²) in [6, 6.07) is 1.47. The summed E-state index contributed by atoms with van der Waals surface area (Å²) < 4.78 is 26.9. The van der Waals surface area contributed by atoms with Gasteiger partial charge in [-0.25, -0.2) is 4.39 Å². The Bertz CT molecular complexity index is 447. The van der Waals surface area contributed by atoms with Gasteiger partial charge in [0, 0.05) is 0 Å². The van der Waals surface area contributed by atoms with E-state index in [9.17, 15) is 18.9 Å². The molecule has 0 unspecified atom stereocenters. The van der Waals surface area contributed by atoms with Gasteiger partial charge in [-0.1, -0.05) is 13.8 Å². The molecular weight excluding hydrogens is 230 g/mol. The van der Waals surface area contributed by atoms with Gasteiger partial charge < -0.3 is 5.73 Å². The van der Waals surface area contributed by atoms with Crippen LogP contribution in [0.15, 0.2) is 12.1 Å². The van der Waals surface area contributed by atoms with Crippen LogP contribution in [0.1, 0.15) is 19.4 Å². The Kier molecular flexibility index (Phi) is 3.77. The standard InChI is InChI=1S/C11H14F2N2O2/c1-11(2,6-14)5-7-3-9(13)10(15(16)17)4-8(7)12/h3-4H,5-6,14H2,1-2H3. The predicted molar refractivity (Wildman–Crippen MR) is 59.6 cm³/mol. The summed E-state index contributed by atoms with van der Waals surface area (Å²) in [6.07, 6.45) is 0.226. The summed E-state index contributed by atoms with van der Waals surface area (Å²) in [5.41, 5.74) is 4.36. The topological polar surface area (TPSA) is 69.2 Å². The SMILES string of the molecule is CC(C)(CN)Cc1cc(F)c([N+](=O)[O-])cc1F. The lowest BCUT2D eigenvalue weighted by Crippen LogP contribution is -2.26. The van der Waals surface area contributed by atoms with Crippen LogP contribution in [0.2, 0.25) is 0 Å². The molecule has 0 saturated carbocycles. The van der Waals surface area contributed by atoms with Gasteiger partial charge in [0.1, 0.15) is 5.82 Å². The van der Waals surface area contributed by atoms with Gasteiger partial charge in [0.05, 0.1) is 11.0 Å². The average Bonchev–Trinajstić information content (AvgIpc) is 2.22. The quantitative estimate of drug-likeness (QED) is 0.653. The summed E-state index contributed by atoms with van der Waals surface area (Å²) in [7, 11) is 0. The monoisotopic (exact) mass is 244 g/mol. The molecule has 0 heterocycles. The average molecular weight is 244 g/mol. The van der Waals surface area contributed by atoms with Crippen molar-refractivity contribution >= 4 is 5.69 Å². The van der Waals surface area contributed by atoms with Crippen LogP contribution in [0, 0.1) is 27.2 Å². The number of rotatable bonds is 4. The summed E-state index contributed by atoms with van der Waals surface area (Å²) in [5.74, 6) is -1.81. The Morgan fingerprint density at radius 3 is 2.41 bits per heavy atom.